The first-order chi connectivity index (χ1) is 15.7. The molecule has 0 bridgehead atoms. The molecule has 1 aliphatic carbocycles. The third kappa shape index (κ3) is 4.39. The van der Waals surface area contributed by atoms with E-state index in [4.69, 9.17) is 9.97 Å². The average molecular weight is 426 g/mol. The van der Waals surface area contributed by atoms with E-state index in [1.807, 2.05) is 26.2 Å². The molecule has 5 rings (SSSR count). The summed E-state index contributed by atoms with van der Waals surface area (Å²) in [5, 5.41) is 11.2. The summed E-state index contributed by atoms with van der Waals surface area (Å²) in [4.78, 5) is 11.6. The number of nitrogens with one attached hydrogen (secondary N) is 2. The highest BCUT2D eigenvalue weighted by Crippen LogP contribution is 2.27. The molecule has 3 aromatic carbocycles. The van der Waals surface area contributed by atoms with Crippen molar-refractivity contribution in [3.8, 4) is 0 Å². The molecule has 0 aliphatic heterocycles. The highest BCUT2D eigenvalue weighted by atomic mass is 15.2. The number of aromatic nitrogens is 2. The molecule has 1 aliphatic rings. The van der Waals surface area contributed by atoms with Crippen molar-refractivity contribution in [2.45, 2.75) is 44.3 Å². The molecule has 0 amide bonds. The van der Waals surface area contributed by atoms with Gasteiger partial charge >= 0.3 is 0 Å². The Morgan fingerprint density at radius 3 is 2.28 bits per heavy atom. The zero-order valence-corrected chi connectivity index (χ0v) is 18.9. The van der Waals surface area contributed by atoms with Gasteiger partial charge in [-0.1, -0.05) is 54.6 Å². The maximum Gasteiger partial charge on any atom is 0.225 e. The first-order valence-electron chi connectivity index (χ1n) is 11.6. The summed E-state index contributed by atoms with van der Waals surface area (Å²) in [6.07, 6.45) is 4.58. The van der Waals surface area contributed by atoms with Gasteiger partial charge in [-0.2, -0.15) is 4.98 Å². The Balaban J connectivity index is 1.20. The second-order valence-electron chi connectivity index (χ2n) is 8.99. The van der Waals surface area contributed by atoms with Gasteiger partial charge in [-0.3, -0.25) is 0 Å². The molecular weight excluding hydrogens is 394 g/mol. The molecule has 0 spiro atoms. The van der Waals surface area contributed by atoms with E-state index >= 15 is 0 Å². The van der Waals surface area contributed by atoms with Crippen molar-refractivity contribution in [3.63, 3.8) is 0 Å². The molecule has 5 heteroatoms. The van der Waals surface area contributed by atoms with Gasteiger partial charge in [0, 0.05) is 38.1 Å². The average Bonchev–Trinajstić information content (AvgIpc) is 2.83. The molecular formula is C27H31N5. The molecule has 1 heterocycles. The van der Waals surface area contributed by atoms with Crippen molar-refractivity contribution in [2.75, 3.05) is 24.3 Å². The van der Waals surface area contributed by atoms with Crippen LogP contribution in [0.1, 0.15) is 31.2 Å². The van der Waals surface area contributed by atoms with Crippen LogP contribution < -0.4 is 15.5 Å². The number of benzene rings is 3. The highest BCUT2D eigenvalue weighted by Gasteiger charge is 2.22. The maximum atomic E-state index is 4.81. The quantitative estimate of drug-likeness (QED) is 0.435. The van der Waals surface area contributed by atoms with E-state index in [0.29, 0.717) is 12.1 Å². The number of fused-ring (bicyclic) bond motifs is 2. The summed E-state index contributed by atoms with van der Waals surface area (Å²) in [6, 6.07) is 24.4. The van der Waals surface area contributed by atoms with Crippen molar-refractivity contribution in [1.29, 1.82) is 0 Å². The van der Waals surface area contributed by atoms with E-state index in [0.717, 1.165) is 54.9 Å². The van der Waals surface area contributed by atoms with E-state index in [9.17, 15) is 0 Å². The minimum atomic E-state index is 0.418. The normalized spacial score (nSPS) is 18.7. The van der Waals surface area contributed by atoms with E-state index in [1.54, 1.807) is 0 Å². The van der Waals surface area contributed by atoms with Crippen LogP contribution >= 0.6 is 0 Å². The summed E-state index contributed by atoms with van der Waals surface area (Å²) in [5.41, 5.74) is 2.36. The van der Waals surface area contributed by atoms with Gasteiger partial charge < -0.3 is 15.5 Å². The fourth-order valence-corrected chi connectivity index (χ4v) is 4.79. The summed E-state index contributed by atoms with van der Waals surface area (Å²) in [7, 11) is 4.07. The molecule has 1 saturated carbocycles. The molecule has 0 atom stereocenters. The van der Waals surface area contributed by atoms with Gasteiger partial charge in [0.2, 0.25) is 5.95 Å². The zero-order chi connectivity index (χ0) is 21.9. The predicted molar refractivity (Wildman–Crippen MR) is 134 cm³/mol. The Labute approximate surface area is 189 Å². The van der Waals surface area contributed by atoms with Crippen LogP contribution in [-0.4, -0.2) is 36.1 Å². The predicted octanol–water partition coefficient (Wildman–Crippen LogP) is 5.36. The van der Waals surface area contributed by atoms with E-state index < -0.39 is 0 Å². The number of hydrogen-bond acceptors (Lipinski definition) is 5. The summed E-state index contributed by atoms with van der Waals surface area (Å²) >= 11 is 0. The van der Waals surface area contributed by atoms with Gasteiger partial charge in [-0.25, -0.2) is 4.98 Å². The summed E-state index contributed by atoms with van der Waals surface area (Å²) in [5.74, 6) is 1.70. The fraction of sp³-hybridized carbons (Fsp3) is 0.333. The SMILES string of the molecule is CN(C)c1nc(NC2CCC(NCc3cccc4ccccc34)CC2)nc2ccccc12. The van der Waals surface area contributed by atoms with Crippen LogP contribution in [0.2, 0.25) is 0 Å². The molecule has 164 valence electrons. The molecule has 1 aromatic heterocycles. The lowest BCUT2D eigenvalue weighted by Crippen LogP contribution is -2.37. The Kier molecular flexibility index (Phi) is 5.91. The molecule has 32 heavy (non-hydrogen) atoms. The molecule has 4 aromatic rings. The van der Waals surface area contributed by atoms with E-state index in [1.165, 1.54) is 16.3 Å². The van der Waals surface area contributed by atoms with E-state index in [2.05, 4.69) is 70.1 Å². The van der Waals surface area contributed by atoms with Crippen molar-refractivity contribution < 1.29 is 0 Å². The minimum Gasteiger partial charge on any atom is -0.362 e. The van der Waals surface area contributed by atoms with E-state index in [-0.39, 0.29) is 0 Å². The van der Waals surface area contributed by atoms with Crippen LogP contribution in [0.3, 0.4) is 0 Å². The molecule has 2 N–H and O–H groups in total. The lowest BCUT2D eigenvalue weighted by molar-refractivity contribution is 0.352. The van der Waals surface area contributed by atoms with Gasteiger partial charge in [0.15, 0.2) is 0 Å². The number of rotatable bonds is 6. The van der Waals surface area contributed by atoms with Crippen LogP contribution in [0, 0.1) is 0 Å². The molecule has 0 radical (unpaired) electrons. The molecule has 5 nitrogen and oxygen atoms in total. The topological polar surface area (TPSA) is 53.1 Å². The van der Waals surface area contributed by atoms with Gasteiger partial charge in [0.1, 0.15) is 5.82 Å². The number of anilines is 2. The molecule has 0 saturated heterocycles. The van der Waals surface area contributed by atoms with Gasteiger partial charge in [-0.15, -0.1) is 0 Å². The Morgan fingerprint density at radius 2 is 1.47 bits per heavy atom. The maximum absolute atomic E-state index is 4.81. The largest absolute Gasteiger partial charge is 0.362 e. The monoisotopic (exact) mass is 425 g/mol. The van der Waals surface area contributed by atoms with Crippen molar-refractivity contribution in [3.05, 3.63) is 72.3 Å². The zero-order valence-electron chi connectivity index (χ0n) is 18.9. The third-order valence-corrected chi connectivity index (χ3v) is 6.53. The summed E-state index contributed by atoms with van der Waals surface area (Å²) < 4.78 is 0. The second-order valence-corrected chi connectivity index (χ2v) is 8.99. The van der Waals surface area contributed by atoms with Crippen LogP contribution in [0.5, 0.6) is 0 Å². The summed E-state index contributed by atoms with van der Waals surface area (Å²) in [6.45, 7) is 0.921. The lowest BCUT2D eigenvalue weighted by Gasteiger charge is -2.30. The molecule has 0 unspecified atom stereocenters. The van der Waals surface area contributed by atoms with Crippen molar-refractivity contribution in [1.82, 2.24) is 15.3 Å². The van der Waals surface area contributed by atoms with Crippen LogP contribution in [0.4, 0.5) is 11.8 Å². The smallest absolute Gasteiger partial charge is 0.225 e. The highest BCUT2D eigenvalue weighted by molar-refractivity contribution is 5.90. The number of para-hydroxylation sites is 1. The van der Waals surface area contributed by atoms with Crippen LogP contribution in [0.25, 0.3) is 21.7 Å². The Morgan fingerprint density at radius 1 is 0.781 bits per heavy atom. The first kappa shape index (κ1) is 20.7. The third-order valence-electron chi connectivity index (χ3n) is 6.53. The second kappa shape index (κ2) is 9.13. The van der Waals surface area contributed by atoms with Gasteiger partial charge in [0.05, 0.1) is 5.52 Å². The van der Waals surface area contributed by atoms with Crippen molar-refractivity contribution >= 4 is 33.4 Å². The standard InChI is InChI=1S/C27H31N5/c1-32(2)26-24-12-5-6-13-25(24)30-27(31-26)29-22-16-14-21(15-17-22)28-18-20-10-7-9-19-8-3-4-11-23(19)20/h3-13,21-22,28H,14-18H2,1-2H3,(H,29,30,31). The number of nitrogens with zero attached hydrogens (tertiary/aromatic N) is 3. The molecule has 1 fully saturated rings. The van der Waals surface area contributed by atoms with Crippen molar-refractivity contribution in [2.24, 2.45) is 0 Å². The minimum absolute atomic E-state index is 0.418. The Bertz CT molecular complexity index is 1210. The lowest BCUT2D eigenvalue weighted by atomic mass is 9.91. The van der Waals surface area contributed by atoms with Crippen LogP contribution in [0.15, 0.2) is 66.7 Å². The van der Waals surface area contributed by atoms with Gasteiger partial charge in [0.25, 0.3) is 0 Å². The number of hydrogen-bond donors (Lipinski definition) is 2. The van der Waals surface area contributed by atoms with Crippen LogP contribution in [-0.2, 0) is 6.54 Å². The first-order valence-corrected chi connectivity index (χ1v) is 11.6. The Hall–Kier alpha value is -3.18. The van der Waals surface area contributed by atoms with Gasteiger partial charge in [-0.05, 0) is 54.2 Å². The fourth-order valence-electron chi connectivity index (χ4n) is 4.79.